The van der Waals surface area contributed by atoms with Gasteiger partial charge < -0.3 is 9.30 Å². The van der Waals surface area contributed by atoms with E-state index >= 15 is 0 Å². The Balaban J connectivity index is 1.77. The van der Waals surface area contributed by atoms with Gasteiger partial charge in [0.25, 0.3) is 0 Å². The first-order valence-corrected chi connectivity index (χ1v) is 10.3. The standard InChI is InChI=1S/C21H25N5O2S/c1-5-10-26-20(17-6-8-22-9-7-17)23-24-21(26)29-14-19(27)18-13-15(2)25(16(18)3)11-12-28-4/h5-9,13H,1,10-12,14H2,2-4H3. The monoisotopic (exact) mass is 411 g/mol. The van der Waals surface area contributed by atoms with Gasteiger partial charge in [0.1, 0.15) is 0 Å². The van der Waals surface area contributed by atoms with Crippen LogP contribution in [0, 0.1) is 13.8 Å². The number of rotatable bonds is 10. The fraction of sp³-hybridized carbons (Fsp3) is 0.333. The molecule has 3 rings (SSSR count). The van der Waals surface area contributed by atoms with E-state index in [2.05, 4.69) is 26.3 Å². The van der Waals surface area contributed by atoms with Crippen LogP contribution >= 0.6 is 11.8 Å². The smallest absolute Gasteiger partial charge is 0.192 e. The van der Waals surface area contributed by atoms with E-state index < -0.39 is 0 Å². The second-order valence-electron chi connectivity index (χ2n) is 6.58. The van der Waals surface area contributed by atoms with E-state index in [-0.39, 0.29) is 5.78 Å². The fourth-order valence-electron chi connectivity index (χ4n) is 3.22. The maximum atomic E-state index is 12.9. The van der Waals surface area contributed by atoms with Gasteiger partial charge in [-0.05, 0) is 32.0 Å². The summed E-state index contributed by atoms with van der Waals surface area (Å²) in [5, 5.41) is 9.30. The number of thioether (sulfide) groups is 1. The molecule has 0 atom stereocenters. The molecule has 3 aromatic rings. The molecule has 8 heteroatoms. The highest BCUT2D eigenvalue weighted by Crippen LogP contribution is 2.25. The van der Waals surface area contributed by atoms with E-state index in [1.165, 1.54) is 11.8 Å². The highest BCUT2D eigenvalue weighted by atomic mass is 32.2. The molecule has 0 fully saturated rings. The molecule has 7 nitrogen and oxygen atoms in total. The molecular formula is C21H25N5O2S. The highest BCUT2D eigenvalue weighted by molar-refractivity contribution is 7.99. The SMILES string of the molecule is C=CCn1c(SCC(=O)c2cc(C)n(CCOC)c2C)nnc1-c1ccncc1. The zero-order valence-corrected chi connectivity index (χ0v) is 17.8. The van der Waals surface area contributed by atoms with Gasteiger partial charge in [-0.3, -0.25) is 14.3 Å². The van der Waals surface area contributed by atoms with Crippen molar-refractivity contribution in [2.24, 2.45) is 0 Å². The molecule has 3 heterocycles. The topological polar surface area (TPSA) is 74.8 Å². The van der Waals surface area contributed by atoms with Crippen LogP contribution in [-0.4, -0.2) is 49.6 Å². The Morgan fingerprint density at radius 2 is 2.00 bits per heavy atom. The first kappa shape index (κ1) is 21.0. The molecule has 0 saturated carbocycles. The second kappa shape index (κ2) is 9.67. The number of pyridine rings is 1. The number of hydrogen-bond donors (Lipinski definition) is 0. The number of methoxy groups -OCH3 is 1. The van der Waals surface area contributed by atoms with Gasteiger partial charge in [0.2, 0.25) is 0 Å². The minimum absolute atomic E-state index is 0.0744. The molecule has 0 bridgehead atoms. The van der Waals surface area contributed by atoms with Crippen molar-refractivity contribution < 1.29 is 9.53 Å². The third-order valence-electron chi connectivity index (χ3n) is 4.69. The average Bonchev–Trinajstić information content (AvgIpc) is 3.26. The van der Waals surface area contributed by atoms with Crippen LogP contribution in [0.2, 0.25) is 0 Å². The third-order valence-corrected chi connectivity index (χ3v) is 5.66. The zero-order valence-electron chi connectivity index (χ0n) is 17.0. The normalized spacial score (nSPS) is 11.0. The van der Waals surface area contributed by atoms with Gasteiger partial charge in [-0.1, -0.05) is 17.8 Å². The summed E-state index contributed by atoms with van der Waals surface area (Å²) >= 11 is 1.39. The van der Waals surface area contributed by atoms with Crippen LogP contribution in [0.3, 0.4) is 0 Å². The minimum atomic E-state index is 0.0744. The first-order valence-electron chi connectivity index (χ1n) is 9.33. The predicted molar refractivity (Wildman–Crippen MR) is 114 cm³/mol. The summed E-state index contributed by atoms with van der Waals surface area (Å²) in [6.45, 7) is 9.72. The molecular weight excluding hydrogens is 386 g/mol. The van der Waals surface area contributed by atoms with Gasteiger partial charge in [-0.15, -0.1) is 16.8 Å². The quantitative estimate of drug-likeness (QED) is 0.288. The van der Waals surface area contributed by atoms with Gasteiger partial charge in [0.05, 0.1) is 12.4 Å². The van der Waals surface area contributed by atoms with Crippen LogP contribution in [0.15, 0.2) is 48.4 Å². The summed E-state index contributed by atoms with van der Waals surface area (Å²) in [7, 11) is 1.68. The Kier molecular flexibility index (Phi) is 7.00. The van der Waals surface area contributed by atoms with E-state index in [1.54, 1.807) is 25.6 Å². The summed E-state index contributed by atoms with van der Waals surface area (Å²) in [5.41, 5.74) is 3.70. The second-order valence-corrected chi connectivity index (χ2v) is 7.52. The van der Waals surface area contributed by atoms with Crippen LogP contribution in [0.5, 0.6) is 0 Å². The highest BCUT2D eigenvalue weighted by Gasteiger charge is 2.19. The molecule has 0 spiro atoms. The number of allylic oxidation sites excluding steroid dienone is 1. The van der Waals surface area contributed by atoms with Crippen molar-refractivity contribution in [2.45, 2.75) is 32.1 Å². The van der Waals surface area contributed by atoms with E-state index in [9.17, 15) is 4.79 Å². The maximum absolute atomic E-state index is 12.9. The van der Waals surface area contributed by atoms with Crippen LogP contribution in [0.25, 0.3) is 11.4 Å². The Hall–Kier alpha value is -2.71. The number of hydrogen-bond acceptors (Lipinski definition) is 6. The fourth-order valence-corrected chi connectivity index (χ4v) is 4.05. The lowest BCUT2D eigenvalue weighted by Crippen LogP contribution is -2.10. The predicted octanol–water partition coefficient (Wildman–Crippen LogP) is 3.57. The lowest BCUT2D eigenvalue weighted by Gasteiger charge is -2.09. The van der Waals surface area contributed by atoms with Crippen molar-refractivity contribution in [3.63, 3.8) is 0 Å². The Morgan fingerprint density at radius 3 is 2.69 bits per heavy atom. The molecule has 0 aliphatic heterocycles. The van der Waals surface area contributed by atoms with Crippen molar-refractivity contribution in [1.29, 1.82) is 0 Å². The summed E-state index contributed by atoms with van der Waals surface area (Å²) in [6.07, 6.45) is 5.24. The number of ketones is 1. The van der Waals surface area contributed by atoms with Crippen LogP contribution in [0.4, 0.5) is 0 Å². The number of ether oxygens (including phenoxy) is 1. The van der Waals surface area contributed by atoms with Gasteiger partial charge in [-0.2, -0.15) is 0 Å². The van der Waals surface area contributed by atoms with Gasteiger partial charge >= 0.3 is 0 Å². The number of carbonyl (C=O) groups excluding carboxylic acids is 1. The molecule has 0 N–H and O–H groups in total. The first-order chi connectivity index (χ1) is 14.1. The molecule has 0 aliphatic rings. The number of carbonyl (C=O) groups is 1. The lowest BCUT2D eigenvalue weighted by molar-refractivity contribution is 0.102. The third kappa shape index (κ3) is 4.65. The summed E-state index contributed by atoms with van der Waals surface area (Å²) in [4.78, 5) is 16.9. The van der Waals surface area contributed by atoms with E-state index in [4.69, 9.17) is 4.74 Å². The van der Waals surface area contributed by atoms with Gasteiger partial charge in [-0.25, -0.2) is 0 Å². The number of Topliss-reactive ketones (excluding diaryl/α,β-unsaturated/α-hetero) is 1. The lowest BCUT2D eigenvalue weighted by atomic mass is 10.2. The van der Waals surface area contributed by atoms with Crippen molar-refractivity contribution in [2.75, 3.05) is 19.5 Å². The molecule has 0 aromatic carbocycles. The van der Waals surface area contributed by atoms with E-state index in [0.29, 0.717) is 24.1 Å². The molecule has 0 saturated heterocycles. The van der Waals surface area contributed by atoms with Crippen LogP contribution in [-0.2, 0) is 17.8 Å². The summed E-state index contributed by atoms with van der Waals surface area (Å²) in [6, 6.07) is 5.72. The molecule has 3 aromatic heterocycles. The van der Waals surface area contributed by atoms with Crippen molar-refractivity contribution in [1.82, 2.24) is 24.3 Å². The van der Waals surface area contributed by atoms with Crippen molar-refractivity contribution >= 4 is 17.5 Å². The number of nitrogens with zero attached hydrogens (tertiary/aromatic N) is 5. The van der Waals surface area contributed by atoms with Crippen molar-refractivity contribution in [3.8, 4) is 11.4 Å². The molecule has 0 aliphatic carbocycles. The summed E-state index contributed by atoms with van der Waals surface area (Å²) < 4.78 is 9.24. The van der Waals surface area contributed by atoms with Gasteiger partial charge in [0.15, 0.2) is 16.8 Å². The van der Waals surface area contributed by atoms with E-state index in [0.717, 1.165) is 34.9 Å². The molecule has 0 unspecified atom stereocenters. The average molecular weight is 412 g/mol. The van der Waals surface area contributed by atoms with Gasteiger partial charge in [0, 0.05) is 55.1 Å². The Labute approximate surface area is 174 Å². The number of aryl methyl sites for hydroxylation is 1. The molecule has 0 amide bonds. The van der Waals surface area contributed by atoms with Crippen LogP contribution in [0.1, 0.15) is 21.7 Å². The summed E-state index contributed by atoms with van der Waals surface area (Å²) in [5.74, 6) is 1.10. The van der Waals surface area contributed by atoms with E-state index in [1.807, 2.05) is 36.6 Å². The molecule has 152 valence electrons. The molecule has 29 heavy (non-hydrogen) atoms. The Bertz CT molecular complexity index is 994. The largest absolute Gasteiger partial charge is 0.383 e. The van der Waals surface area contributed by atoms with Crippen LogP contribution < -0.4 is 0 Å². The van der Waals surface area contributed by atoms with Crippen molar-refractivity contribution in [3.05, 3.63) is 60.2 Å². The number of aromatic nitrogens is 5. The zero-order chi connectivity index (χ0) is 20.8. The minimum Gasteiger partial charge on any atom is -0.383 e. The molecule has 0 radical (unpaired) electrons. The maximum Gasteiger partial charge on any atom is 0.192 e. The Morgan fingerprint density at radius 1 is 1.24 bits per heavy atom.